The van der Waals surface area contributed by atoms with E-state index in [9.17, 15) is 0 Å². The molecule has 3 heteroatoms. The van der Waals surface area contributed by atoms with Crippen molar-refractivity contribution in [2.75, 3.05) is 19.8 Å². The van der Waals surface area contributed by atoms with Gasteiger partial charge in [0, 0.05) is 31.3 Å². The van der Waals surface area contributed by atoms with E-state index >= 15 is 0 Å². The maximum absolute atomic E-state index is 5.61. The molecule has 1 N–H and O–H groups in total. The summed E-state index contributed by atoms with van der Waals surface area (Å²) in [6.45, 7) is 4.88. The third kappa shape index (κ3) is 2.13. The van der Waals surface area contributed by atoms with Gasteiger partial charge in [-0.3, -0.25) is 0 Å². The highest BCUT2D eigenvalue weighted by molar-refractivity contribution is 6.25. The molecule has 0 aromatic heterocycles. The van der Waals surface area contributed by atoms with Crippen LogP contribution in [0.2, 0.25) is 0 Å². The quantitative estimate of drug-likeness (QED) is 0.780. The second-order valence-electron chi connectivity index (χ2n) is 4.57. The van der Waals surface area contributed by atoms with Gasteiger partial charge in [0.15, 0.2) is 0 Å². The summed E-state index contributed by atoms with van der Waals surface area (Å²) in [5, 5.41) is 3.56. The van der Waals surface area contributed by atoms with Crippen LogP contribution < -0.4 is 5.32 Å². The Labute approximate surface area is 90.7 Å². The molecule has 2 fully saturated rings. The lowest BCUT2D eigenvalue weighted by molar-refractivity contribution is 0.0545. The molecule has 0 aromatic rings. The molecule has 14 heavy (non-hydrogen) atoms. The highest BCUT2D eigenvalue weighted by Gasteiger charge is 2.53. The fourth-order valence-electron chi connectivity index (χ4n) is 2.29. The summed E-state index contributed by atoms with van der Waals surface area (Å²) < 4.78 is 5.38. The number of nitrogens with one attached hydrogen (secondary N) is 1. The number of hydrogen-bond acceptors (Lipinski definition) is 2. The van der Waals surface area contributed by atoms with Crippen LogP contribution in [0.5, 0.6) is 0 Å². The highest BCUT2D eigenvalue weighted by Crippen LogP contribution is 2.53. The van der Waals surface area contributed by atoms with Crippen LogP contribution in [0.3, 0.4) is 0 Å². The van der Waals surface area contributed by atoms with Crippen molar-refractivity contribution in [1.29, 1.82) is 0 Å². The van der Waals surface area contributed by atoms with Gasteiger partial charge >= 0.3 is 0 Å². The first-order chi connectivity index (χ1) is 6.77. The largest absolute Gasteiger partial charge is 0.381 e. The molecule has 0 radical (unpaired) electrons. The summed E-state index contributed by atoms with van der Waals surface area (Å²) in [6.07, 6.45) is 3.79. The lowest BCUT2D eigenvalue weighted by atomic mass is 9.96. The summed E-state index contributed by atoms with van der Waals surface area (Å²) in [7, 11) is 0. The van der Waals surface area contributed by atoms with Gasteiger partial charge in [0.25, 0.3) is 0 Å². The minimum atomic E-state index is 0.574. The Bertz CT molecular complexity index is 233. The molecule has 0 bridgehead atoms. The highest BCUT2D eigenvalue weighted by atomic mass is 35.5. The van der Waals surface area contributed by atoms with E-state index in [1.807, 2.05) is 0 Å². The molecule has 0 amide bonds. The van der Waals surface area contributed by atoms with Crippen molar-refractivity contribution in [3.63, 3.8) is 0 Å². The van der Waals surface area contributed by atoms with E-state index < -0.39 is 0 Å². The third-order valence-corrected chi connectivity index (χ3v) is 3.86. The predicted octanol–water partition coefficient (Wildman–Crippen LogP) is 2.29. The van der Waals surface area contributed by atoms with Crippen molar-refractivity contribution in [2.24, 2.45) is 5.41 Å². The minimum Gasteiger partial charge on any atom is -0.381 e. The van der Waals surface area contributed by atoms with Gasteiger partial charge in [-0.2, -0.15) is 0 Å². The minimum absolute atomic E-state index is 0.574. The lowest BCUT2D eigenvalue weighted by Gasteiger charge is -2.23. The Morgan fingerprint density at radius 2 is 2.29 bits per heavy atom. The maximum Gasteiger partial charge on any atom is 0.0471 e. The first-order valence-electron chi connectivity index (χ1n) is 5.34. The molecule has 1 heterocycles. The first kappa shape index (κ1) is 10.5. The molecule has 1 atom stereocenters. The van der Waals surface area contributed by atoms with Gasteiger partial charge in [0.05, 0.1) is 0 Å². The van der Waals surface area contributed by atoms with E-state index in [1.54, 1.807) is 5.54 Å². The molecule has 1 aliphatic heterocycles. The van der Waals surface area contributed by atoms with E-state index in [-0.39, 0.29) is 0 Å². The van der Waals surface area contributed by atoms with Crippen molar-refractivity contribution < 1.29 is 4.74 Å². The van der Waals surface area contributed by atoms with Gasteiger partial charge in [0.1, 0.15) is 0 Å². The summed E-state index contributed by atoms with van der Waals surface area (Å²) in [6, 6.07) is 0.706. The molecule has 1 saturated heterocycles. The van der Waals surface area contributed by atoms with Gasteiger partial charge in [-0.25, -0.2) is 0 Å². The Balaban J connectivity index is 1.75. The molecule has 1 saturated carbocycles. The van der Waals surface area contributed by atoms with Crippen LogP contribution in [0.15, 0.2) is 11.1 Å². The van der Waals surface area contributed by atoms with Gasteiger partial charge in [-0.1, -0.05) is 11.6 Å². The van der Waals surface area contributed by atoms with Gasteiger partial charge in [-0.05, 0) is 37.2 Å². The van der Waals surface area contributed by atoms with Crippen LogP contribution >= 0.6 is 11.6 Å². The molecule has 1 aliphatic carbocycles. The average Bonchev–Trinajstić information content (AvgIpc) is 2.89. The summed E-state index contributed by atoms with van der Waals surface area (Å²) in [4.78, 5) is 0. The average molecular weight is 216 g/mol. The van der Waals surface area contributed by atoms with Gasteiger partial charge in [0.2, 0.25) is 0 Å². The number of hydrogen-bond donors (Lipinski definition) is 1. The van der Waals surface area contributed by atoms with E-state index in [2.05, 4.69) is 12.2 Å². The fraction of sp³-hybridized carbons (Fsp3) is 0.818. The summed E-state index contributed by atoms with van der Waals surface area (Å²) in [5.41, 5.74) is 3.44. The summed E-state index contributed by atoms with van der Waals surface area (Å²) >= 11 is 5.61. The SMILES string of the molecule is C/C(=C\Cl)CNC1CC12CCOCC2. The molecule has 80 valence electrons. The zero-order valence-electron chi connectivity index (χ0n) is 8.68. The van der Waals surface area contributed by atoms with Crippen molar-refractivity contribution in [3.05, 3.63) is 11.1 Å². The predicted molar refractivity (Wildman–Crippen MR) is 58.5 cm³/mol. The molecule has 1 unspecified atom stereocenters. The Morgan fingerprint density at radius 3 is 2.93 bits per heavy atom. The number of rotatable bonds is 3. The fourth-order valence-corrected chi connectivity index (χ4v) is 2.37. The van der Waals surface area contributed by atoms with Crippen LogP contribution in [0.25, 0.3) is 0 Å². The zero-order chi connectivity index (χ0) is 10.0. The van der Waals surface area contributed by atoms with Crippen molar-refractivity contribution in [2.45, 2.75) is 32.2 Å². The second-order valence-corrected chi connectivity index (χ2v) is 4.79. The molecule has 0 aromatic carbocycles. The van der Waals surface area contributed by atoms with Gasteiger partial charge in [-0.15, -0.1) is 0 Å². The van der Waals surface area contributed by atoms with Crippen LogP contribution in [0.1, 0.15) is 26.2 Å². The van der Waals surface area contributed by atoms with E-state index in [1.165, 1.54) is 24.8 Å². The second kappa shape index (κ2) is 4.21. The molecule has 1 spiro atoms. The third-order valence-electron chi connectivity index (χ3n) is 3.49. The van der Waals surface area contributed by atoms with E-state index in [0.717, 1.165) is 19.8 Å². The van der Waals surface area contributed by atoms with Crippen molar-refractivity contribution in [1.82, 2.24) is 5.32 Å². The van der Waals surface area contributed by atoms with Crippen molar-refractivity contribution >= 4 is 11.6 Å². The normalized spacial score (nSPS) is 30.7. The molecular formula is C11H18ClNO. The molecule has 2 aliphatic rings. The van der Waals surface area contributed by atoms with Crippen molar-refractivity contribution in [3.8, 4) is 0 Å². The first-order valence-corrected chi connectivity index (χ1v) is 5.77. The van der Waals surface area contributed by atoms with Crippen LogP contribution in [-0.2, 0) is 4.74 Å². The zero-order valence-corrected chi connectivity index (χ0v) is 9.44. The topological polar surface area (TPSA) is 21.3 Å². The Morgan fingerprint density at radius 1 is 1.57 bits per heavy atom. The monoisotopic (exact) mass is 215 g/mol. The Kier molecular flexibility index (Phi) is 3.15. The van der Waals surface area contributed by atoms with E-state index in [0.29, 0.717) is 11.5 Å². The standard InChI is InChI=1S/C11H18ClNO/c1-9(7-12)8-13-10-6-11(10)2-4-14-5-3-11/h7,10,13H,2-6,8H2,1H3/b9-7+. The van der Waals surface area contributed by atoms with Crippen LogP contribution in [0, 0.1) is 5.41 Å². The number of halogens is 1. The van der Waals surface area contributed by atoms with Gasteiger partial charge < -0.3 is 10.1 Å². The number of ether oxygens (including phenoxy) is 1. The molecular weight excluding hydrogens is 198 g/mol. The molecule has 2 nitrogen and oxygen atoms in total. The smallest absolute Gasteiger partial charge is 0.0471 e. The molecule has 2 rings (SSSR count). The Hall–Kier alpha value is -0.0500. The summed E-state index contributed by atoms with van der Waals surface area (Å²) in [5.74, 6) is 0. The van der Waals surface area contributed by atoms with Crippen LogP contribution in [-0.4, -0.2) is 25.8 Å². The van der Waals surface area contributed by atoms with Crippen LogP contribution in [0.4, 0.5) is 0 Å². The lowest BCUT2D eigenvalue weighted by Crippen LogP contribution is -2.28. The van der Waals surface area contributed by atoms with E-state index in [4.69, 9.17) is 16.3 Å². The maximum atomic E-state index is 5.61.